The van der Waals surface area contributed by atoms with Gasteiger partial charge in [0.05, 0.1) is 6.42 Å². The zero-order chi connectivity index (χ0) is 15.9. The molecule has 1 amide bonds. The topological polar surface area (TPSA) is 97.6 Å². The molecular formula is C15H20N2O5. The van der Waals surface area contributed by atoms with Gasteiger partial charge in [0.1, 0.15) is 0 Å². The number of hydrogen-bond donors (Lipinski definition) is 2. The number of nitrogens with one attached hydrogen (secondary N) is 1. The fourth-order valence-corrected chi connectivity index (χ4v) is 2.50. The van der Waals surface area contributed by atoms with E-state index in [1.165, 1.54) is 16.8 Å². The van der Waals surface area contributed by atoms with Crippen LogP contribution < -0.4 is 15.6 Å². The van der Waals surface area contributed by atoms with Gasteiger partial charge in [0.2, 0.25) is 0 Å². The van der Waals surface area contributed by atoms with Crippen molar-refractivity contribution in [2.45, 2.75) is 44.7 Å². The quantitative estimate of drug-likeness (QED) is 0.775. The van der Waals surface area contributed by atoms with Gasteiger partial charge in [0.15, 0.2) is 12.4 Å². The number of pyridine rings is 1. The Balaban J connectivity index is 1.89. The lowest BCUT2D eigenvalue weighted by atomic mass is 10.2. The van der Waals surface area contributed by atoms with Crippen molar-refractivity contribution in [2.24, 2.45) is 0 Å². The standard InChI is InChI=1S/C15H20N2O5/c18-13(16-11-4-1-2-5-11)10-22-12-6-3-8-17(15(12)21)9-7-14(19)20/h3,6,8,11H,1-2,4-5,7,9-10H2,(H,16,18)(H,19,20). The molecule has 1 aliphatic carbocycles. The number of carboxylic acid groups (broad SMARTS) is 1. The molecule has 1 saturated carbocycles. The molecule has 0 radical (unpaired) electrons. The minimum absolute atomic E-state index is 0.0504. The Morgan fingerprint density at radius 2 is 2.09 bits per heavy atom. The van der Waals surface area contributed by atoms with E-state index >= 15 is 0 Å². The number of rotatable bonds is 7. The van der Waals surface area contributed by atoms with Crippen LogP contribution in [0.2, 0.25) is 0 Å². The van der Waals surface area contributed by atoms with E-state index in [1.54, 1.807) is 6.07 Å². The summed E-state index contributed by atoms with van der Waals surface area (Å²) in [4.78, 5) is 34.4. The molecule has 0 aromatic carbocycles. The summed E-state index contributed by atoms with van der Waals surface area (Å²) in [5.74, 6) is -1.17. The Labute approximate surface area is 127 Å². The Morgan fingerprint density at radius 1 is 1.36 bits per heavy atom. The van der Waals surface area contributed by atoms with Crippen LogP contribution in [0.15, 0.2) is 23.1 Å². The molecule has 1 fully saturated rings. The van der Waals surface area contributed by atoms with Crippen molar-refractivity contribution in [3.05, 3.63) is 28.7 Å². The van der Waals surface area contributed by atoms with E-state index < -0.39 is 11.5 Å². The third kappa shape index (κ3) is 4.61. The van der Waals surface area contributed by atoms with Crippen molar-refractivity contribution in [2.75, 3.05) is 6.61 Å². The summed E-state index contributed by atoms with van der Waals surface area (Å²) in [6.45, 7) is -0.145. The average molecular weight is 308 g/mol. The van der Waals surface area contributed by atoms with Gasteiger partial charge >= 0.3 is 5.97 Å². The van der Waals surface area contributed by atoms with Gasteiger partial charge in [-0.25, -0.2) is 0 Å². The maximum Gasteiger partial charge on any atom is 0.305 e. The van der Waals surface area contributed by atoms with Crippen LogP contribution in [0.4, 0.5) is 0 Å². The molecule has 0 spiro atoms. The summed E-state index contributed by atoms with van der Waals surface area (Å²) in [7, 11) is 0. The van der Waals surface area contributed by atoms with Crippen LogP contribution in [0.1, 0.15) is 32.1 Å². The highest BCUT2D eigenvalue weighted by Gasteiger charge is 2.17. The number of hydrogen-bond acceptors (Lipinski definition) is 4. The van der Waals surface area contributed by atoms with Crippen LogP contribution in [0, 0.1) is 0 Å². The lowest BCUT2D eigenvalue weighted by Crippen LogP contribution is -2.36. The molecule has 0 atom stereocenters. The number of ether oxygens (including phenoxy) is 1. The number of carbonyl (C=O) groups is 2. The number of carbonyl (C=O) groups excluding carboxylic acids is 1. The third-order valence-electron chi connectivity index (χ3n) is 3.63. The molecule has 1 heterocycles. The number of aromatic nitrogens is 1. The minimum Gasteiger partial charge on any atom is -0.481 e. The van der Waals surface area contributed by atoms with Crippen molar-refractivity contribution in [1.82, 2.24) is 9.88 Å². The second kappa shape index (κ2) is 7.63. The highest BCUT2D eigenvalue weighted by molar-refractivity contribution is 5.77. The van der Waals surface area contributed by atoms with E-state index in [-0.39, 0.29) is 37.3 Å². The molecule has 2 rings (SSSR count). The zero-order valence-electron chi connectivity index (χ0n) is 12.3. The predicted octanol–water partition coefficient (Wildman–Crippen LogP) is 0.761. The molecular weight excluding hydrogens is 288 g/mol. The summed E-state index contributed by atoms with van der Waals surface area (Å²) in [5, 5.41) is 11.5. The molecule has 22 heavy (non-hydrogen) atoms. The fourth-order valence-electron chi connectivity index (χ4n) is 2.50. The Morgan fingerprint density at radius 3 is 2.77 bits per heavy atom. The molecule has 0 saturated heterocycles. The van der Waals surface area contributed by atoms with E-state index in [1.807, 2.05) is 0 Å². The molecule has 1 aromatic heterocycles. The molecule has 1 aliphatic rings. The van der Waals surface area contributed by atoms with Gasteiger partial charge in [-0.2, -0.15) is 0 Å². The smallest absolute Gasteiger partial charge is 0.305 e. The van der Waals surface area contributed by atoms with Gasteiger partial charge < -0.3 is 19.7 Å². The van der Waals surface area contributed by atoms with E-state index in [4.69, 9.17) is 9.84 Å². The Hall–Kier alpha value is -2.31. The van der Waals surface area contributed by atoms with Crippen LogP contribution in [0.5, 0.6) is 5.75 Å². The van der Waals surface area contributed by atoms with Crippen LogP contribution >= 0.6 is 0 Å². The van der Waals surface area contributed by atoms with Gasteiger partial charge in [0, 0.05) is 18.8 Å². The van der Waals surface area contributed by atoms with Crippen LogP contribution in [-0.4, -0.2) is 34.2 Å². The monoisotopic (exact) mass is 308 g/mol. The molecule has 0 unspecified atom stereocenters. The summed E-state index contributed by atoms with van der Waals surface area (Å²) in [5.41, 5.74) is -0.433. The first kappa shape index (κ1) is 16.1. The maximum atomic E-state index is 12.1. The van der Waals surface area contributed by atoms with Crippen LogP contribution in [-0.2, 0) is 16.1 Å². The van der Waals surface area contributed by atoms with Crippen molar-refractivity contribution in [3.63, 3.8) is 0 Å². The van der Waals surface area contributed by atoms with Gasteiger partial charge in [-0.1, -0.05) is 12.8 Å². The summed E-state index contributed by atoms with van der Waals surface area (Å²) >= 11 is 0. The molecule has 0 aliphatic heterocycles. The normalized spacial score (nSPS) is 14.7. The van der Waals surface area contributed by atoms with Crippen molar-refractivity contribution >= 4 is 11.9 Å². The molecule has 1 aromatic rings. The Kier molecular flexibility index (Phi) is 5.57. The summed E-state index contributed by atoms with van der Waals surface area (Å²) in [6.07, 6.45) is 5.57. The number of nitrogens with zero attached hydrogens (tertiary/aromatic N) is 1. The van der Waals surface area contributed by atoms with Crippen molar-refractivity contribution in [1.29, 1.82) is 0 Å². The third-order valence-corrected chi connectivity index (χ3v) is 3.63. The van der Waals surface area contributed by atoms with Gasteiger partial charge in [0.25, 0.3) is 11.5 Å². The van der Waals surface area contributed by atoms with Gasteiger partial charge in [-0.15, -0.1) is 0 Å². The highest BCUT2D eigenvalue weighted by atomic mass is 16.5. The lowest BCUT2D eigenvalue weighted by molar-refractivity contribution is -0.137. The van der Waals surface area contributed by atoms with Crippen LogP contribution in [0.25, 0.3) is 0 Å². The van der Waals surface area contributed by atoms with Gasteiger partial charge in [-0.05, 0) is 25.0 Å². The molecule has 2 N–H and O–H groups in total. The minimum atomic E-state index is -0.978. The van der Waals surface area contributed by atoms with Crippen LogP contribution in [0.3, 0.4) is 0 Å². The van der Waals surface area contributed by atoms with Crippen molar-refractivity contribution in [3.8, 4) is 5.75 Å². The van der Waals surface area contributed by atoms with Gasteiger partial charge in [-0.3, -0.25) is 14.4 Å². The largest absolute Gasteiger partial charge is 0.481 e. The predicted molar refractivity (Wildman–Crippen MR) is 78.8 cm³/mol. The van der Waals surface area contributed by atoms with E-state index in [0.717, 1.165) is 25.7 Å². The summed E-state index contributed by atoms with van der Waals surface area (Å²) < 4.78 is 6.53. The first-order valence-corrected chi connectivity index (χ1v) is 7.39. The molecule has 7 heteroatoms. The number of aryl methyl sites for hydroxylation is 1. The SMILES string of the molecule is O=C(O)CCn1cccc(OCC(=O)NC2CCCC2)c1=O. The molecule has 0 bridgehead atoms. The zero-order valence-corrected chi connectivity index (χ0v) is 12.3. The van der Waals surface area contributed by atoms with E-state index in [0.29, 0.717) is 0 Å². The highest BCUT2D eigenvalue weighted by Crippen LogP contribution is 2.17. The lowest BCUT2D eigenvalue weighted by Gasteiger charge is -2.12. The number of aliphatic carboxylic acids is 1. The second-order valence-electron chi connectivity index (χ2n) is 5.35. The fraction of sp³-hybridized carbons (Fsp3) is 0.533. The first-order valence-electron chi connectivity index (χ1n) is 7.39. The van der Waals surface area contributed by atoms with E-state index in [2.05, 4.69) is 5.32 Å². The second-order valence-corrected chi connectivity index (χ2v) is 5.35. The maximum absolute atomic E-state index is 12.1. The Bertz CT molecular complexity index is 590. The summed E-state index contributed by atoms with van der Waals surface area (Å²) in [6, 6.07) is 3.27. The number of carboxylic acids is 1. The van der Waals surface area contributed by atoms with E-state index in [9.17, 15) is 14.4 Å². The molecule has 7 nitrogen and oxygen atoms in total. The van der Waals surface area contributed by atoms with Crippen molar-refractivity contribution < 1.29 is 19.4 Å². The average Bonchev–Trinajstić information content (AvgIpc) is 2.97. The molecule has 120 valence electrons. The first-order chi connectivity index (χ1) is 10.6. The number of amides is 1.